The summed E-state index contributed by atoms with van der Waals surface area (Å²) in [5.41, 5.74) is 10.3. The fraction of sp³-hybridized carbons (Fsp3) is 0.308. The molecule has 31 heavy (non-hydrogen) atoms. The highest BCUT2D eigenvalue weighted by atomic mass is 32.2. The van der Waals surface area contributed by atoms with Crippen LogP contribution in [0.3, 0.4) is 0 Å². The van der Waals surface area contributed by atoms with E-state index in [0.717, 1.165) is 23.1 Å². The van der Waals surface area contributed by atoms with Crippen LogP contribution in [0.15, 0.2) is 84.9 Å². The highest BCUT2D eigenvalue weighted by Crippen LogP contribution is 2.29. The van der Waals surface area contributed by atoms with Gasteiger partial charge in [0.25, 0.3) is 0 Å². The molecule has 3 N–H and O–H groups in total. The first-order valence-electron chi connectivity index (χ1n) is 10.7. The van der Waals surface area contributed by atoms with Gasteiger partial charge in [-0.1, -0.05) is 106 Å². The van der Waals surface area contributed by atoms with Gasteiger partial charge in [0.2, 0.25) is 10.0 Å². The van der Waals surface area contributed by atoms with E-state index in [9.17, 15) is 8.42 Å². The molecule has 0 bridgehead atoms. The Bertz CT molecular complexity index is 1060. The molecule has 3 rings (SSSR count). The third-order valence-electron chi connectivity index (χ3n) is 5.98. The lowest BCUT2D eigenvalue weighted by Gasteiger charge is -2.26. The summed E-state index contributed by atoms with van der Waals surface area (Å²) in [4.78, 5) is 0. The summed E-state index contributed by atoms with van der Waals surface area (Å²) in [5.74, 6) is -0.0926. The van der Waals surface area contributed by atoms with Crippen LogP contribution < -0.4 is 10.5 Å². The number of nitrogens with one attached hydrogen (secondary N) is 1. The Balaban J connectivity index is 1.83. The Hall–Kier alpha value is -2.47. The molecule has 0 heterocycles. The first-order chi connectivity index (χ1) is 14.7. The van der Waals surface area contributed by atoms with Gasteiger partial charge in [-0.2, -0.15) is 0 Å². The second-order valence-corrected chi connectivity index (χ2v) is 10.4. The summed E-state index contributed by atoms with van der Waals surface area (Å²) in [6, 6.07) is 25.9. The lowest BCUT2D eigenvalue weighted by Crippen LogP contribution is -2.36. The second kappa shape index (κ2) is 9.77. The smallest absolute Gasteiger partial charge is 0.216 e. The lowest BCUT2D eigenvalue weighted by molar-refractivity contribution is 0.503. The predicted octanol–water partition coefficient (Wildman–Crippen LogP) is 5.23. The highest BCUT2D eigenvalue weighted by molar-refractivity contribution is 7.88. The zero-order chi connectivity index (χ0) is 22.5. The third-order valence-corrected chi connectivity index (χ3v) is 7.31. The quantitative estimate of drug-likeness (QED) is 0.482. The van der Waals surface area contributed by atoms with Gasteiger partial charge in [-0.25, -0.2) is 13.1 Å². The minimum Gasteiger partial charge on any atom is -0.322 e. The van der Waals surface area contributed by atoms with Crippen molar-refractivity contribution in [3.8, 4) is 0 Å². The summed E-state index contributed by atoms with van der Waals surface area (Å²) >= 11 is 0. The average molecular weight is 437 g/mol. The van der Waals surface area contributed by atoms with Crippen molar-refractivity contribution in [2.24, 2.45) is 5.73 Å². The molecule has 0 aliphatic heterocycles. The topological polar surface area (TPSA) is 72.2 Å². The van der Waals surface area contributed by atoms with E-state index in [4.69, 9.17) is 5.73 Å². The Morgan fingerprint density at radius 3 is 1.87 bits per heavy atom. The van der Waals surface area contributed by atoms with Crippen LogP contribution in [0.25, 0.3) is 0 Å². The number of sulfonamides is 1. The number of hydrogen-bond acceptors (Lipinski definition) is 3. The van der Waals surface area contributed by atoms with Gasteiger partial charge in [-0.05, 0) is 34.1 Å². The van der Waals surface area contributed by atoms with Crippen LogP contribution >= 0.6 is 0 Å². The second-order valence-electron chi connectivity index (χ2n) is 8.64. The number of hydrogen-bond donors (Lipinski definition) is 2. The standard InChI is InChI=1S/C26H32N2O2S/c1-4-26(2,3)23-17-15-20(16-18-23)19-31(29,30)28-25(22-13-9-6-10-14-22)24(27)21-11-7-5-8-12-21/h5-18,24-25,28H,4,19,27H2,1-3H3. The maximum absolute atomic E-state index is 13.1. The summed E-state index contributed by atoms with van der Waals surface area (Å²) in [6.45, 7) is 6.54. The monoisotopic (exact) mass is 436 g/mol. The zero-order valence-corrected chi connectivity index (χ0v) is 19.3. The van der Waals surface area contributed by atoms with Gasteiger partial charge >= 0.3 is 0 Å². The summed E-state index contributed by atoms with van der Waals surface area (Å²) < 4.78 is 29.0. The summed E-state index contributed by atoms with van der Waals surface area (Å²) in [7, 11) is -3.62. The van der Waals surface area contributed by atoms with E-state index >= 15 is 0 Å². The Kier molecular flexibility index (Phi) is 7.31. The average Bonchev–Trinajstić information content (AvgIpc) is 2.78. The molecule has 0 saturated carbocycles. The third kappa shape index (κ3) is 6.03. The van der Waals surface area contributed by atoms with Gasteiger partial charge in [0.15, 0.2) is 0 Å². The van der Waals surface area contributed by atoms with E-state index < -0.39 is 22.1 Å². The maximum Gasteiger partial charge on any atom is 0.216 e. The zero-order valence-electron chi connectivity index (χ0n) is 18.5. The minimum absolute atomic E-state index is 0.0660. The lowest BCUT2D eigenvalue weighted by atomic mass is 9.82. The van der Waals surface area contributed by atoms with Crippen LogP contribution in [0.5, 0.6) is 0 Å². The van der Waals surface area contributed by atoms with Crippen molar-refractivity contribution in [3.05, 3.63) is 107 Å². The molecule has 3 aromatic rings. The van der Waals surface area contributed by atoms with E-state index in [0.29, 0.717) is 0 Å². The van der Waals surface area contributed by atoms with Gasteiger partial charge in [-0.15, -0.1) is 0 Å². The number of rotatable bonds is 9. The maximum atomic E-state index is 13.1. The summed E-state index contributed by atoms with van der Waals surface area (Å²) in [5, 5.41) is 0. The van der Waals surface area contributed by atoms with Crippen LogP contribution in [0.1, 0.15) is 61.5 Å². The van der Waals surface area contributed by atoms with Gasteiger partial charge in [0, 0.05) is 0 Å². The van der Waals surface area contributed by atoms with E-state index in [1.165, 1.54) is 5.56 Å². The molecule has 3 aromatic carbocycles. The molecule has 0 aliphatic rings. The van der Waals surface area contributed by atoms with Crippen molar-refractivity contribution in [2.45, 2.75) is 50.4 Å². The molecule has 0 fully saturated rings. The summed E-state index contributed by atoms with van der Waals surface area (Å²) in [6.07, 6.45) is 1.02. The molecular weight excluding hydrogens is 404 g/mol. The van der Waals surface area contributed by atoms with E-state index in [-0.39, 0.29) is 11.2 Å². The molecule has 164 valence electrons. The molecule has 0 aliphatic carbocycles. The molecule has 0 radical (unpaired) electrons. The number of benzene rings is 3. The SMILES string of the molecule is CCC(C)(C)c1ccc(CS(=O)(=O)NC(c2ccccc2)C(N)c2ccccc2)cc1. The molecule has 5 heteroatoms. The molecule has 2 atom stereocenters. The van der Waals surface area contributed by atoms with Crippen molar-refractivity contribution >= 4 is 10.0 Å². The Morgan fingerprint density at radius 1 is 0.839 bits per heavy atom. The van der Waals surface area contributed by atoms with Crippen molar-refractivity contribution in [1.29, 1.82) is 0 Å². The van der Waals surface area contributed by atoms with Crippen LogP contribution in [0.2, 0.25) is 0 Å². The first kappa shape index (κ1) is 23.2. The molecule has 4 nitrogen and oxygen atoms in total. The van der Waals surface area contributed by atoms with Gasteiger partial charge in [0.05, 0.1) is 17.8 Å². The fourth-order valence-electron chi connectivity index (χ4n) is 3.59. The van der Waals surface area contributed by atoms with Crippen LogP contribution in [-0.4, -0.2) is 8.42 Å². The van der Waals surface area contributed by atoms with E-state index in [1.54, 1.807) is 0 Å². The fourth-order valence-corrected chi connectivity index (χ4v) is 4.97. The normalized spacial score (nSPS) is 14.2. The van der Waals surface area contributed by atoms with E-state index in [1.807, 2.05) is 84.9 Å². The minimum atomic E-state index is -3.62. The van der Waals surface area contributed by atoms with Crippen LogP contribution in [0.4, 0.5) is 0 Å². The molecule has 0 spiro atoms. The molecule has 0 aromatic heterocycles. The Labute approximate surface area is 186 Å². The molecule has 2 unspecified atom stereocenters. The van der Waals surface area contributed by atoms with Crippen molar-refractivity contribution in [1.82, 2.24) is 4.72 Å². The highest BCUT2D eigenvalue weighted by Gasteiger charge is 2.27. The van der Waals surface area contributed by atoms with Gasteiger partial charge < -0.3 is 5.73 Å². The van der Waals surface area contributed by atoms with Gasteiger partial charge in [-0.3, -0.25) is 0 Å². The number of nitrogens with two attached hydrogens (primary N) is 1. The van der Waals surface area contributed by atoms with E-state index in [2.05, 4.69) is 25.5 Å². The molecule has 0 saturated heterocycles. The molecule has 0 amide bonds. The van der Waals surface area contributed by atoms with Crippen molar-refractivity contribution < 1.29 is 8.42 Å². The molecular formula is C26H32N2O2S. The van der Waals surface area contributed by atoms with Gasteiger partial charge in [0.1, 0.15) is 0 Å². The van der Waals surface area contributed by atoms with Crippen LogP contribution in [-0.2, 0) is 21.2 Å². The first-order valence-corrected chi connectivity index (χ1v) is 12.3. The van der Waals surface area contributed by atoms with Crippen molar-refractivity contribution in [2.75, 3.05) is 0 Å². The van der Waals surface area contributed by atoms with Crippen LogP contribution in [0, 0.1) is 0 Å². The largest absolute Gasteiger partial charge is 0.322 e. The predicted molar refractivity (Wildman–Crippen MR) is 128 cm³/mol. The Morgan fingerprint density at radius 2 is 1.35 bits per heavy atom. The van der Waals surface area contributed by atoms with Crippen molar-refractivity contribution in [3.63, 3.8) is 0 Å².